The van der Waals surface area contributed by atoms with Crippen molar-refractivity contribution < 1.29 is 5.11 Å². The molecule has 0 aromatic heterocycles. The molecule has 0 aliphatic carbocycles. The Hall–Kier alpha value is -0.770. The summed E-state index contributed by atoms with van der Waals surface area (Å²) in [5.74, 6) is 1.02. The van der Waals surface area contributed by atoms with Crippen molar-refractivity contribution in [3.05, 3.63) is 28.8 Å². The third kappa shape index (κ3) is 3.87. The Morgan fingerprint density at radius 1 is 1.45 bits per heavy atom. The van der Waals surface area contributed by atoms with Crippen molar-refractivity contribution in [2.45, 2.75) is 26.8 Å². The van der Waals surface area contributed by atoms with Gasteiger partial charge in [0.25, 0.3) is 0 Å². The molecule has 1 aliphatic heterocycles. The molecule has 0 radical (unpaired) electrons. The van der Waals surface area contributed by atoms with E-state index >= 15 is 0 Å². The third-order valence-corrected chi connectivity index (χ3v) is 4.19. The fourth-order valence-electron chi connectivity index (χ4n) is 2.70. The monoisotopic (exact) mass is 296 g/mol. The molecule has 1 aliphatic rings. The molecule has 0 saturated carbocycles. The largest absolute Gasteiger partial charge is 0.396 e. The van der Waals surface area contributed by atoms with Gasteiger partial charge in [0.2, 0.25) is 0 Å². The van der Waals surface area contributed by atoms with Gasteiger partial charge < -0.3 is 15.3 Å². The van der Waals surface area contributed by atoms with Crippen LogP contribution in [0.2, 0.25) is 5.02 Å². The van der Waals surface area contributed by atoms with E-state index in [2.05, 4.69) is 30.1 Å². The molecule has 1 atom stereocenters. The SMILES string of the molecule is CC(C)CNCc1c(Cl)cccc1N1CCC(CO)C1. The highest BCUT2D eigenvalue weighted by molar-refractivity contribution is 6.31. The zero-order valence-electron chi connectivity index (χ0n) is 12.4. The summed E-state index contributed by atoms with van der Waals surface area (Å²) in [6.07, 6.45) is 1.06. The number of halogens is 1. The number of hydrogen-bond donors (Lipinski definition) is 2. The first kappa shape index (κ1) is 15.6. The lowest BCUT2D eigenvalue weighted by atomic mass is 10.1. The smallest absolute Gasteiger partial charge is 0.0476 e. The van der Waals surface area contributed by atoms with E-state index in [0.717, 1.165) is 37.6 Å². The van der Waals surface area contributed by atoms with Gasteiger partial charge in [-0.1, -0.05) is 31.5 Å². The molecule has 20 heavy (non-hydrogen) atoms. The Morgan fingerprint density at radius 2 is 2.25 bits per heavy atom. The number of nitrogens with zero attached hydrogens (tertiary/aromatic N) is 1. The lowest BCUT2D eigenvalue weighted by Gasteiger charge is -2.23. The Balaban J connectivity index is 2.10. The van der Waals surface area contributed by atoms with Crippen molar-refractivity contribution in [3.63, 3.8) is 0 Å². The molecule has 112 valence electrons. The zero-order chi connectivity index (χ0) is 14.5. The summed E-state index contributed by atoms with van der Waals surface area (Å²) in [4.78, 5) is 2.35. The van der Waals surface area contributed by atoms with Crippen LogP contribution in [0.3, 0.4) is 0 Å². The molecule has 0 bridgehead atoms. The van der Waals surface area contributed by atoms with Crippen LogP contribution < -0.4 is 10.2 Å². The van der Waals surface area contributed by atoms with Gasteiger partial charge in [0, 0.05) is 48.4 Å². The summed E-state index contributed by atoms with van der Waals surface area (Å²) >= 11 is 6.38. The quantitative estimate of drug-likeness (QED) is 0.847. The Bertz CT molecular complexity index is 436. The van der Waals surface area contributed by atoms with Crippen molar-refractivity contribution in [1.29, 1.82) is 0 Å². The first-order chi connectivity index (χ1) is 9.61. The van der Waals surface area contributed by atoms with E-state index < -0.39 is 0 Å². The molecule has 1 saturated heterocycles. The first-order valence-corrected chi connectivity index (χ1v) is 7.83. The van der Waals surface area contributed by atoms with Crippen molar-refractivity contribution in [2.75, 3.05) is 31.1 Å². The Kier molecular flexibility index (Phi) is 5.70. The number of hydrogen-bond acceptors (Lipinski definition) is 3. The second-order valence-electron chi connectivity index (χ2n) is 6.05. The zero-order valence-corrected chi connectivity index (χ0v) is 13.2. The molecule has 2 N–H and O–H groups in total. The maximum atomic E-state index is 9.29. The lowest BCUT2D eigenvalue weighted by molar-refractivity contribution is 0.238. The molecule has 1 heterocycles. The minimum Gasteiger partial charge on any atom is -0.396 e. The second kappa shape index (κ2) is 7.30. The maximum absolute atomic E-state index is 9.29. The molecule has 2 rings (SSSR count). The van der Waals surface area contributed by atoms with Crippen molar-refractivity contribution >= 4 is 17.3 Å². The molecule has 1 fully saturated rings. The van der Waals surface area contributed by atoms with Crippen LogP contribution in [0.1, 0.15) is 25.8 Å². The van der Waals surface area contributed by atoms with Crippen molar-refractivity contribution in [2.24, 2.45) is 11.8 Å². The Morgan fingerprint density at radius 3 is 2.90 bits per heavy atom. The summed E-state index contributed by atoms with van der Waals surface area (Å²) in [6.45, 7) is 8.39. The van der Waals surface area contributed by atoms with Crippen LogP contribution in [-0.2, 0) is 6.54 Å². The van der Waals surface area contributed by atoms with E-state index in [-0.39, 0.29) is 6.61 Å². The van der Waals surface area contributed by atoms with Crippen LogP contribution >= 0.6 is 11.6 Å². The second-order valence-corrected chi connectivity index (χ2v) is 6.45. The van der Waals surface area contributed by atoms with Crippen molar-refractivity contribution in [3.8, 4) is 0 Å². The van der Waals surface area contributed by atoms with Gasteiger partial charge in [-0.2, -0.15) is 0 Å². The molecule has 1 aromatic carbocycles. The third-order valence-electron chi connectivity index (χ3n) is 3.83. The van der Waals surface area contributed by atoms with Crippen LogP contribution in [0.5, 0.6) is 0 Å². The van der Waals surface area contributed by atoms with Crippen LogP contribution in [0, 0.1) is 11.8 Å². The minimum absolute atomic E-state index is 0.276. The predicted octanol–water partition coefficient (Wildman–Crippen LogP) is 2.90. The van der Waals surface area contributed by atoms with E-state index in [1.165, 1.54) is 11.3 Å². The minimum atomic E-state index is 0.276. The highest BCUT2D eigenvalue weighted by atomic mass is 35.5. The highest BCUT2D eigenvalue weighted by Crippen LogP contribution is 2.31. The van der Waals surface area contributed by atoms with E-state index in [4.69, 9.17) is 11.6 Å². The summed E-state index contributed by atoms with van der Waals surface area (Å²) in [5, 5.41) is 13.6. The molecule has 1 unspecified atom stereocenters. The van der Waals surface area contributed by atoms with Gasteiger partial charge in [0.15, 0.2) is 0 Å². The standard InChI is InChI=1S/C16H25ClN2O/c1-12(2)8-18-9-14-15(17)4-3-5-16(14)19-7-6-13(10-19)11-20/h3-5,12-13,18,20H,6-11H2,1-2H3. The number of aliphatic hydroxyl groups is 1. The molecule has 4 heteroatoms. The summed E-state index contributed by atoms with van der Waals surface area (Å²) < 4.78 is 0. The van der Waals surface area contributed by atoms with Gasteiger partial charge in [0.1, 0.15) is 0 Å². The van der Waals surface area contributed by atoms with E-state index in [0.29, 0.717) is 11.8 Å². The molecule has 3 nitrogen and oxygen atoms in total. The number of rotatable bonds is 6. The van der Waals surface area contributed by atoms with E-state index in [1.54, 1.807) is 0 Å². The average Bonchev–Trinajstić information content (AvgIpc) is 2.89. The van der Waals surface area contributed by atoms with Gasteiger partial charge in [-0.3, -0.25) is 0 Å². The number of anilines is 1. The lowest BCUT2D eigenvalue weighted by Crippen LogP contribution is -2.25. The van der Waals surface area contributed by atoms with Gasteiger partial charge >= 0.3 is 0 Å². The van der Waals surface area contributed by atoms with Crippen LogP contribution in [0.4, 0.5) is 5.69 Å². The van der Waals surface area contributed by atoms with Gasteiger partial charge in [-0.05, 0) is 31.0 Å². The van der Waals surface area contributed by atoms with Gasteiger partial charge in [-0.25, -0.2) is 0 Å². The van der Waals surface area contributed by atoms with Crippen LogP contribution in [-0.4, -0.2) is 31.3 Å². The van der Waals surface area contributed by atoms with Gasteiger partial charge in [-0.15, -0.1) is 0 Å². The Labute approximate surface area is 126 Å². The topological polar surface area (TPSA) is 35.5 Å². The fourth-order valence-corrected chi connectivity index (χ4v) is 2.94. The molecular formula is C16H25ClN2O. The maximum Gasteiger partial charge on any atom is 0.0476 e. The predicted molar refractivity (Wildman–Crippen MR) is 85.4 cm³/mol. The van der Waals surface area contributed by atoms with E-state index in [1.807, 2.05) is 12.1 Å². The van der Waals surface area contributed by atoms with Crippen LogP contribution in [0.25, 0.3) is 0 Å². The molecule has 0 spiro atoms. The summed E-state index contributed by atoms with van der Waals surface area (Å²) in [6, 6.07) is 6.10. The van der Waals surface area contributed by atoms with Crippen LogP contribution in [0.15, 0.2) is 18.2 Å². The summed E-state index contributed by atoms with van der Waals surface area (Å²) in [7, 11) is 0. The van der Waals surface area contributed by atoms with E-state index in [9.17, 15) is 5.11 Å². The summed E-state index contributed by atoms with van der Waals surface area (Å²) in [5.41, 5.74) is 2.39. The number of aliphatic hydroxyl groups excluding tert-OH is 1. The average molecular weight is 297 g/mol. The molecular weight excluding hydrogens is 272 g/mol. The van der Waals surface area contributed by atoms with Crippen molar-refractivity contribution in [1.82, 2.24) is 5.32 Å². The highest BCUT2D eigenvalue weighted by Gasteiger charge is 2.24. The molecule has 0 amide bonds. The normalized spacial score (nSPS) is 19.1. The number of nitrogens with one attached hydrogen (secondary N) is 1. The van der Waals surface area contributed by atoms with Gasteiger partial charge in [0.05, 0.1) is 0 Å². The molecule has 1 aromatic rings. The first-order valence-electron chi connectivity index (χ1n) is 7.45. The fraction of sp³-hybridized carbons (Fsp3) is 0.625. The number of benzene rings is 1.